The summed E-state index contributed by atoms with van der Waals surface area (Å²) in [6.07, 6.45) is 7.97. The first-order valence-electron chi connectivity index (χ1n) is 8.69. The minimum Gasteiger partial charge on any atom is -0.418 e. The molecule has 4 rings (SSSR count). The third-order valence-electron chi connectivity index (χ3n) is 4.51. The zero-order valence-corrected chi connectivity index (χ0v) is 14.8. The van der Waals surface area contributed by atoms with Gasteiger partial charge in [-0.3, -0.25) is 0 Å². The lowest BCUT2D eigenvalue weighted by molar-refractivity contribution is -0.156. The van der Waals surface area contributed by atoms with Gasteiger partial charge in [0.05, 0.1) is 0 Å². The number of ether oxygens (including phenoxy) is 2. The van der Waals surface area contributed by atoms with Crippen molar-refractivity contribution in [2.75, 3.05) is 0 Å². The third kappa shape index (κ3) is 3.66. The highest BCUT2D eigenvalue weighted by molar-refractivity contribution is 6.31. The number of nitrogens with one attached hydrogen (secondary N) is 2. The van der Waals surface area contributed by atoms with Crippen LogP contribution in [0, 0.1) is 10.8 Å². The molecule has 6 heteroatoms. The molecule has 0 spiro atoms. The normalized spacial score (nSPS) is 14.3. The van der Waals surface area contributed by atoms with Crippen molar-refractivity contribution in [3.8, 4) is 11.5 Å². The van der Waals surface area contributed by atoms with Gasteiger partial charge in [-0.15, -0.1) is 0 Å². The highest BCUT2D eigenvalue weighted by atomic mass is 16.6. The highest BCUT2D eigenvalue weighted by Crippen LogP contribution is 2.25. The summed E-state index contributed by atoms with van der Waals surface area (Å²) >= 11 is 0. The van der Waals surface area contributed by atoms with Crippen molar-refractivity contribution in [1.29, 1.82) is 10.8 Å². The van der Waals surface area contributed by atoms with Crippen LogP contribution in [-0.2, 0) is 22.4 Å². The van der Waals surface area contributed by atoms with Crippen LogP contribution in [-0.4, -0.2) is 23.4 Å². The number of rotatable bonds is 2. The van der Waals surface area contributed by atoms with E-state index in [2.05, 4.69) is 0 Å². The lowest BCUT2D eigenvalue weighted by atomic mass is 9.96. The summed E-state index contributed by atoms with van der Waals surface area (Å²) in [5, 5.41) is 15.3. The Kier molecular flexibility index (Phi) is 4.45. The van der Waals surface area contributed by atoms with E-state index in [1.165, 1.54) is 0 Å². The fraction of sp³-hybridized carbons (Fsp3) is 0.0909. The van der Waals surface area contributed by atoms with E-state index in [4.69, 9.17) is 20.3 Å². The van der Waals surface area contributed by atoms with Crippen molar-refractivity contribution in [3.05, 3.63) is 70.8 Å². The molecule has 0 atom stereocenters. The van der Waals surface area contributed by atoms with Crippen LogP contribution in [0.25, 0.3) is 12.2 Å². The van der Waals surface area contributed by atoms with E-state index >= 15 is 0 Å². The average molecular weight is 372 g/mol. The summed E-state index contributed by atoms with van der Waals surface area (Å²) in [7, 11) is 0. The smallest absolute Gasteiger partial charge is 0.418 e. The number of esters is 2. The Hall–Kier alpha value is -3.80. The highest BCUT2D eigenvalue weighted by Gasteiger charge is 2.21. The molecule has 0 bridgehead atoms. The Morgan fingerprint density at radius 1 is 0.679 bits per heavy atom. The SMILES string of the molecule is N=C1C=Cc2cc(OC(=O)C(=O)Oc3ccc4c(c3)C=CC(=N)C4)ccc2C1. The Balaban J connectivity index is 1.43. The van der Waals surface area contributed by atoms with E-state index in [0.717, 1.165) is 22.3 Å². The maximum Gasteiger partial charge on any atom is 0.423 e. The fourth-order valence-corrected chi connectivity index (χ4v) is 3.11. The first-order valence-corrected chi connectivity index (χ1v) is 8.69. The second-order valence-electron chi connectivity index (χ2n) is 6.57. The van der Waals surface area contributed by atoms with Crippen molar-refractivity contribution in [2.45, 2.75) is 12.8 Å². The predicted octanol–water partition coefficient (Wildman–Crippen LogP) is 3.38. The number of benzene rings is 2. The molecule has 0 unspecified atom stereocenters. The van der Waals surface area contributed by atoms with Crippen molar-refractivity contribution >= 4 is 35.5 Å². The van der Waals surface area contributed by atoms with E-state index < -0.39 is 11.9 Å². The summed E-state index contributed by atoms with van der Waals surface area (Å²) in [6.45, 7) is 0. The van der Waals surface area contributed by atoms with Crippen molar-refractivity contribution in [2.24, 2.45) is 0 Å². The standard InChI is InChI=1S/C22H16N2O4/c23-17-5-1-15-11-19(7-3-13(15)9-17)27-21(25)22(26)28-20-8-4-14-10-18(24)6-2-16(14)12-20/h1-8,11-12,23-24H,9-10H2. The van der Waals surface area contributed by atoms with Gasteiger partial charge in [-0.05, 0) is 58.7 Å². The lowest BCUT2D eigenvalue weighted by Crippen LogP contribution is -2.25. The van der Waals surface area contributed by atoms with Crippen LogP contribution in [0.1, 0.15) is 22.3 Å². The van der Waals surface area contributed by atoms with Gasteiger partial charge in [0, 0.05) is 24.3 Å². The molecular formula is C22H16N2O4. The topological polar surface area (TPSA) is 100 Å². The Labute approximate surface area is 161 Å². The molecule has 0 radical (unpaired) electrons. The molecule has 2 N–H and O–H groups in total. The number of allylic oxidation sites excluding steroid dienone is 2. The van der Waals surface area contributed by atoms with Gasteiger partial charge in [-0.1, -0.05) is 24.3 Å². The van der Waals surface area contributed by atoms with Crippen LogP contribution in [0.4, 0.5) is 0 Å². The van der Waals surface area contributed by atoms with Crippen molar-refractivity contribution in [1.82, 2.24) is 0 Å². The third-order valence-corrected chi connectivity index (χ3v) is 4.51. The van der Waals surface area contributed by atoms with E-state index in [-0.39, 0.29) is 11.5 Å². The summed E-state index contributed by atoms with van der Waals surface area (Å²) in [6, 6.07) is 10.0. The first kappa shape index (κ1) is 17.6. The molecule has 0 aliphatic heterocycles. The van der Waals surface area contributed by atoms with Crippen molar-refractivity contribution in [3.63, 3.8) is 0 Å². The van der Waals surface area contributed by atoms with Gasteiger partial charge >= 0.3 is 11.9 Å². The van der Waals surface area contributed by atoms with Crippen LogP contribution in [0.3, 0.4) is 0 Å². The van der Waals surface area contributed by atoms with Gasteiger partial charge in [-0.2, -0.15) is 0 Å². The van der Waals surface area contributed by atoms with Gasteiger partial charge in [-0.25, -0.2) is 9.59 Å². The van der Waals surface area contributed by atoms with E-state index in [9.17, 15) is 9.59 Å². The molecule has 0 amide bonds. The van der Waals surface area contributed by atoms with Gasteiger partial charge in [0.1, 0.15) is 11.5 Å². The molecule has 0 fully saturated rings. The molecule has 0 saturated carbocycles. The van der Waals surface area contributed by atoms with E-state index in [1.54, 1.807) is 60.7 Å². The number of carbonyl (C=O) groups excluding carboxylic acids is 2. The van der Waals surface area contributed by atoms with E-state index in [1.807, 2.05) is 0 Å². The average Bonchev–Trinajstić information content (AvgIpc) is 2.68. The molecule has 0 saturated heterocycles. The van der Waals surface area contributed by atoms with Crippen LogP contribution in [0.2, 0.25) is 0 Å². The van der Waals surface area contributed by atoms with Crippen molar-refractivity contribution < 1.29 is 19.1 Å². The molecule has 0 heterocycles. The zero-order valence-electron chi connectivity index (χ0n) is 14.8. The predicted molar refractivity (Wildman–Crippen MR) is 105 cm³/mol. The molecule has 6 nitrogen and oxygen atoms in total. The second kappa shape index (κ2) is 7.08. The molecule has 28 heavy (non-hydrogen) atoms. The molecule has 138 valence electrons. The Morgan fingerprint density at radius 2 is 1.11 bits per heavy atom. The number of carbonyl (C=O) groups is 2. The Bertz CT molecular complexity index is 1010. The fourth-order valence-electron chi connectivity index (χ4n) is 3.11. The number of fused-ring (bicyclic) bond motifs is 2. The van der Waals surface area contributed by atoms with Crippen LogP contribution in [0.15, 0.2) is 48.6 Å². The van der Waals surface area contributed by atoms with Crippen LogP contribution in [0.5, 0.6) is 11.5 Å². The maximum atomic E-state index is 12.1. The van der Waals surface area contributed by atoms with Gasteiger partial charge < -0.3 is 20.3 Å². The summed E-state index contributed by atoms with van der Waals surface area (Å²) < 4.78 is 10.2. The largest absolute Gasteiger partial charge is 0.423 e. The zero-order chi connectivity index (χ0) is 19.7. The molecule has 0 aromatic heterocycles. The van der Waals surface area contributed by atoms with Crippen LogP contribution >= 0.6 is 0 Å². The summed E-state index contributed by atoms with van der Waals surface area (Å²) in [5.74, 6) is -1.73. The molecular weight excluding hydrogens is 356 g/mol. The van der Waals surface area contributed by atoms with Gasteiger partial charge in [0.2, 0.25) is 0 Å². The number of hydrogen-bond donors (Lipinski definition) is 2. The minimum atomic E-state index is -1.11. The second-order valence-corrected chi connectivity index (χ2v) is 6.57. The molecule has 2 aliphatic carbocycles. The lowest BCUT2D eigenvalue weighted by Gasteiger charge is -2.13. The minimum absolute atomic E-state index is 0.241. The Morgan fingerprint density at radius 3 is 1.54 bits per heavy atom. The quantitative estimate of drug-likeness (QED) is 0.479. The number of hydrogen-bond acceptors (Lipinski definition) is 6. The molecule has 2 aliphatic rings. The molecule has 2 aromatic carbocycles. The maximum absolute atomic E-state index is 12.1. The summed E-state index contributed by atoms with van der Waals surface area (Å²) in [5.41, 5.74) is 4.65. The van der Waals surface area contributed by atoms with Gasteiger partial charge in [0.15, 0.2) is 0 Å². The van der Waals surface area contributed by atoms with Crippen LogP contribution < -0.4 is 9.47 Å². The van der Waals surface area contributed by atoms with E-state index in [0.29, 0.717) is 24.3 Å². The van der Waals surface area contributed by atoms with Gasteiger partial charge in [0.25, 0.3) is 0 Å². The monoisotopic (exact) mass is 372 g/mol. The first-order chi connectivity index (χ1) is 13.5. The molecule has 2 aromatic rings. The summed E-state index contributed by atoms with van der Waals surface area (Å²) in [4.78, 5) is 24.2.